The topological polar surface area (TPSA) is 49.9 Å². The highest BCUT2D eigenvalue weighted by atomic mass is 16.5. The second-order valence-electron chi connectivity index (χ2n) is 6.05. The fourth-order valence-corrected chi connectivity index (χ4v) is 2.98. The van der Waals surface area contributed by atoms with Gasteiger partial charge >= 0.3 is 0 Å². The number of amides is 2. The van der Waals surface area contributed by atoms with Crippen molar-refractivity contribution in [2.75, 3.05) is 33.0 Å². The molecule has 0 bridgehead atoms. The molecule has 0 spiro atoms. The minimum atomic E-state index is 0.218. The number of carbonyl (C=O) groups is 2. The van der Waals surface area contributed by atoms with Crippen LogP contribution in [0.4, 0.5) is 0 Å². The molecule has 2 rings (SSSR count). The summed E-state index contributed by atoms with van der Waals surface area (Å²) in [5.74, 6) is 0.505. The van der Waals surface area contributed by atoms with Crippen molar-refractivity contribution in [3.05, 3.63) is 0 Å². The van der Waals surface area contributed by atoms with Crippen LogP contribution in [-0.4, -0.2) is 54.6 Å². The summed E-state index contributed by atoms with van der Waals surface area (Å²) in [6.45, 7) is 3.53. The molecule has 5 nitrogen and oxygen atoms in total. The highest BCUT2D eigenvalue weighted by Crippen LogP contribution is 2.12. The molecule has 5 heteroatoms. The van der Waals surface area contributed by atoms with Gasteiger partial charge in [-0.2, -0.15) is 0 Å². The molecule has 0 aromatic carbocycles. The van der Waals surface area contributed by atoms with Crippen LogP contribution in [0.25, 0.3) is 0 Å². The van der Waals surface area contributed by atoms with Crippen molar-refractivity contribution in [1.29, 1.82) is 0 Å². The number of ether oxygens (including phenoxy) is 1. The molecule has 2 saturated heterocycles. The number of hydrogen-bond acceptors (Lipinski definition) is 3. The van der Waals surface area contributed by atoms with Crippen LogP contribution in [0.2, 0.25) is 0 Å². The monoisotopic (exact) mass is 296 g/mol. The van der Waals surface area contributed by atoms with E-state index in [9.17, 15) is 9.59 Å². The maximum Gasteiger partial charge on any atom is 0.224 e. The van der Waals surface area contributed by atoms with Gasteiger partial charge in [0.05, 0.1) is 6.61 Å². The Morgan fingerprint density at radius 1 is 0.810 bits per heavy atom. The zero-order valence-corrected chi connectivity index (χ0v) is 13.0. The van der Waals surface area contributed by atoms with E-state index < -0.39 is 0 Å². The van der Waals surface area contributed by atoms with Crippen molar-refractivity contribution >= 4 is 11.8 Å². The Balaban J connectivity index is 1.58. The van der Waals surface area contributed by atoms with Crippen molar-refractivity contribution in [1.82, 2.24) is 9.80 Å². The Morgan fingerprint density at radius 2 is 1.43 bits per heavy atom. The Labute approximate surface area is 127 Å². The first-order valence-corrected chi connectivity index (χ1v) is 8.40. The summed E-state index contributed by atoms with van der Waals surface area (Å²) >= 11 is 0. The molecular weight excluding hydrogens is 268 g/mol. The second-order valence-corrected chi connectivity index (χ2v) is 6.05. The SMILES string of the molecule is O=C1CCCCCN1CCCOCN1CCCCCC1=O. The molecular formula is C16H28N2O3. The lowest BCUT2D eigenvalue weighted by Gasteiger charge is -2.22. The summed E-state index contributed by atoms with van der Waals surface area (Å²) < 4.78 is 5.62. The van der Waals surface area contributed by atoms with Gasteiger partial charge in [0, 0.05) is 32.5 Å². The average molecular weight is 296 g/mol. The predicted molar refractivity (Wildman–Crippen MR) is 80.7 cm³/mol. The van der Waals surface area contributed by atoms with E-state index in [1.165, 1.54) is 0 Å². The molecule has 2 heterocycles. The molecule has 0 radical (unpaired) electrons. The Morgan fingerprint density at radius 3 is 2.14 bits per heavy atom. The van der Waals surface area contributed by atoms with E-state index in [2.05, 4.69) is 0 Å². The molecule has 21 heavy (non-hydrogen) atoms. The van der Waals surface area contributed by atoms with Gasteiger partial charge < -0.3 is 14.5 Å². The fraction of sp³-hybridized carbons (Fsp3) is 0.875. The minimum absolute atomic E-state index is 0.218. The summed E-state index contributed by atoms with van der Waals surface area (Å²) in [6.07, 6.45) is 8.75. The normalized spacial score (nSPS) is 21.3. The zero-order chi connectivity index (χ0) is 14.9. The second kappa shape index (κ2) is 9.03. The number of likely N-dealkylation sites (tertiary alicyclic amines) is 2. The first kappa shape index (κ1) is 16.3. The van der Waals surface area contributed by atoms with Gasteiger partial charge in [-0.25, -0.2) is 0 Å². The van der Waals surface area contributed by atoms with E-state index in [-0.39, 0.29) is 11.8 Å². The van der Waals surface area contributed by atoms with Crippen LogP contribution in [0.5, 0.6) is 0 Å². The largest absolute Gasteiger partial charge is 0.361 e. The first-order chi connectivity index (χ1) is 10.3. The fourth-order valence-electron chi connectivity index (χ4n) is 2.98. The molecule has 0 aromatic heterocycles. The number of hydrogen-bond donors (Lipinski definition) is 0. The van der Waals surface area contributed by atoms with Crippen LogP contribution in [0.15, 0.2) is 0 Å². The molecule has 2 fully saturated rings. The highest BCUT2D eigenvalue weighted by Gasteiger charge is 2.17. The van der Waals surface area contributed by atoms with E-state index >= 15 is 0 Å². The van der Waals surface area contributed by atoms with Gasteiger partial charge in [0.25, 0.3) is 0 Å². The van der Waals surface area contributed by atoms with Gasteiger partial charge in [-0.15, -0.1) is 0 Å². The van der Waals surface area contributed by atoms with Gasteiger partial charge in [-0.1, -0.05) is 12.8 Å². The van der Waals surface area contributed by atoms with Crippen LogP contribution in [0.3, 0.4) is 0 Å². The van der Waals surface area contributed by atoms with Gasteiger partial charge in [0.2, 0.25) is 11.8 Å². The summed E-state index contributed by atoms with van der Waals surface area (Å²) in [5, 5.41) is 0. The van der Waals surface area contributed by atoms with Gasteiger partial charge in [0.15, 0.2) is 0 Å². The quantitative estimate of drug-likeness (QED) is 0.706. The zero-order valence-electron chi connectivity index (χ0n) is 13.0. The van der Waals surface area contributed by atoms with Gasteiger partial charge in [-0.05, 0) is 32.1 Å². The molecule has 2 amide bonds. The Hall–Kier alpha value is -1.10. The molecule has 0 N–H and O–H groups in total. The molecule has 0 saturated carbocycles. The van der Waals surface area contributed by atoms with Gasteiger partial charge in [0.1, 0.15) is 6.73 Å². The van der Waals surface area contributed by atoms with E-state index in [1.807, 2.05) is 9.80 Å². The maximum absolute atomic E-state index is 11.8. The predicted octanol–water partition coefficient (Wildman–Crippen LogP) is 2.16. The molecule has 120 valence electrons. The summed E-state index contributed by atoms with van der Waals surface area (Å²) in [5.41, 5.74) is 0. The van der Waals surface area contributed by atoms with Crippen LogP contribution >= 0.6 is 0 Å². The molecule has 0 unspecified atom stereocenters. The van der Waals surface area contributed by atoms with E-state index in [1.54, 1.807) is 0 Å². The summed E-state index contributed by atoms with van der Waals surface area (Å²) in [4.78, 5) is 27.4. The smallest absolute Gasteiger partial charge is 0.224 e. The average Bonchev–Trinajstić information content (AvgIpc) is 2.80. The third-order valence-corrected chi connectivity index (χ3v) is 4.31. The molecule has 0 aromatic rings. The van der Waals surface area contributed by atoms with Crippen molar-refractivity contribution < 1.29 is 14.3 Å². The Kier molecular flexibility index (Phi) is 7.00. The molecule has 0 aliphatic carbocycles. The van der Waals surface area contributed by atoms with Crippen molar-refractivity contribution in [2.45, 2.75) is 57.8 Å². The minimum Gasteiger partial charge on any atom is -0.361 e. The lowest BCUT2D eigenvalue weighted by Crippen LogP contribution is -2.34. The van der Waals surface area contributed by atoms with Crippen molar-refractivity contribution in [3.8, 4) is 0 Å². The number of rotatable bonds is 6. The molecule has 0 atom stereocenters. The maximum atomic E-state index is 11.8. The van der Waals surface area contributed by atoms with Crippen LogP contribution in [-0.2, 0) is 14.3 Å². The van der Waals surface area contributed by atoms with E-state index in [0.717, 1.165) is 64.6 Å². The van der Waals surface area contributed by atoms with Gasteiger partial charge in [-0.3, -0.25) is 9.59 Å². The summed E-state index contributed by atoms with van der Waals surface area (Å²) in [7, 11) is 0. The lowest BCUT2D eigenvalue weighted by atomic mass is 10.2. The number of nitrogens with zero attached hydrogens (tertiary/aromatic N) is 2. The molecule has 2 aliphatic rings. The van der Waals surface area contributed by atoms with Crippen LogP contribution in [0.1, 0.15) is 57.8 Å². The van der Waals surface area contributed by atoms with Crippen molar-refractivity contribution in [3.63, 3.8) is 0 Å². The first-order valence-electron chi connectivity index (χ1n) is 8.40. The Bertz CT molecular complexity index is 314. The summed E-state index contributed by atoms with van der Waals surface area (Å²) in [6, 6.07) is 0. The van der Waals surface area contributed by atoms with Crippen LogP contribution < -0.4 is 0 Å². The standard InChI is InChI=1S/C16H28N2O3/c19-15-8-3-1-5-10-17(15)12-7-13-21-14-18-11-6-2-4-9-16(18)20/h1-14H2. The third-order valence-electron chi connectivity index (χ3n) is 4.31. The lowest BCUT2D eigenvalue weighted by molar-refractivity contribution is -0.136. The van der Waals surface area contributed by atoms with E-state index in [4.69, 9.17) is 4.74 Å². The number of carbonyl (C=O) groups excluding carboxylic acids is 2. The highest BCUT2D eigenvalue weighted by molar-refractivity contribution is 5.76. The van der Waals surface area contributed by atoms with Crippen LogP contribution in [0, 0.1) is 0 Å². The molecule has 2 aliphatic heterocycles. The third kappa shape index (κ3) is 5.65. The van der Waals surface area contributed by atoms with Crippen molar-refractivity contribution in [2.24, 2.45) is 0 Å². The van der Waals surface area contributed by atoms with E-state index in [0.29, 0.717) is 26.2 Å².